The maximum Gasteiger partial charge on any atom is 0.159 e. The number of pyridine rings is 1. The third-order valence-corrected chi connectivity index (χ3v) is 8.27. The molecule has 0 radical (unpaired) electrons. The summed E-state index contributed by atoms with van der Waals surface area (Å²) in [6.45, 7) is 18.9. The fourth-order valence-electron chi connectivity index (χ4n) is 5.09. The number of H-pyrrole nitrogens is 2. The van der Waals surface area contributed by atoms with Gasteiger partial charge in [-0.05, 0) is 99.0 Å². The molecule has 0 spiro atoms. The lowest BCUT2D eigenvalue weighted by atomic mass is 9.93. The van der Waals surface area contributed by atoms with Gasteiger partial charge in [0.1, 0.15) is 16.9 Å². The number of rotatable bonds is 10. The van der Waals surface area contributed by atoms with E-state index in [0.29, 0.717) is 17.4 Å². The number of thiophene rings is 1. The van der Waals surface area contributed by atoms with Crippen LogP contribution < -0.4 is 21.2 Å². The number of nitrogens with zero attached hydrogens (tertiary/aromatic N) is 3. The highest BCUT2D eigenvalue weighted by molar-refractivity contribution is 7.13. The van der Waals surface area contributed by atoms with E-state index in [2.05, 4.69) is 81.8 Å². The molecule has 41 heavy (non-hydrogen) atoms. The second kappa shape index (κ2) is 12.9. The molecule has 8 heteroatoms. The molecule has 0 bridgehead atoms. The largest absolute Gasteiger partial charge is 0.359 e. The number of hydrogen-bond donors (Lipinski definition) is 4. The summed E-state index contributed by atoms with van der Waals surface area (Å²) < 4.78 is 0. The van der Waals surface area contributed by atoms with Crippen molar-refractivity contribution < 1.29 is 0 Å². The summed E-state index contributed by atoms with van der Waals surface area (Å²) in [6, 6.07) is 6.00. The number of hydrogen-bond acceptors (Lipinski definition) is 6. The van der Waals surface area contributed by atoms with E-state index < -0.39 is 0 Å². The molecule has 4 N–H and O–H groups in total. The van der Waals surface area contributed by atoms with E-state index in [1.54, 1.807) is 17.5 Å². The topological polar surface area (TPSA) is 94.3 Å². The van der Waals surface area contributed by atoms with Gasteiger partial charge < -0.3 is 15.6 Å². The Hall–Kier alpha value is -4.27. The molecule has 1 aliphatic heterocycles. The average molecular weight is 564 g/mol. The molecule has 0 unspecified atom stereocenters. The van der Waals surface area contributed by atoms with E-state index in [1.807, 2.05) is 36.6 Å². The lowest BCUT2D eigenvalue weighted by Crippen LogP contribution is -2.28. The van der Waals surface area contributed by atoms with E-state index in [-0.39, 0.29) is 0 Å². The van der Waals surface area contributed by atoms with Crippen LogP contribution in [0, 0.1) is 5.92 Å². The SMILES string of the molecule is C=C\C(=C/C(=C\C)C(/C)=C/C=c1/[nH]nc(-c2nc3c(-c4cccs4)nccc3[nH]2)c1=C)NC(=C)CC1CCNCC1. The van der Waals surface area contributed by atoms with E-state index in [4.69, 9.17) is 4.98 Å². The van der Waals surface area contributed by atoms with Crippen molar-refractivity contribution in [2.24, 2.45) is 5.92 Å². The number of piperidine rings is 1. The quantitative estimate of drug-likeness (QED) is 0.185. The van der Waals surface area contributed by atoms with E-state index in [9.17, 15) is 0 Å². The van der Waals surface area contributed by atoms with Crippen molar-refractivity contribution in [2.45, 2.75) is 33.1 Å². The normalized spacial score (nSPS) is 16.0. The monoisotopic (exact) mass is 563 g/mol. The zero-order chi connectivity index (χ0) is 28.8. The molecule has 1 fully saturated rings. The van der Waals surface area contributed by atoms with E-state index in [1.165, 1.54) is 12.8 Å². The van der Waals surface area contributed by atoms with Crippen LogP contribution in [0.5, 0.6) is 0 Å². The Labute approximate surface area is 244 Å². The van der Waals surface area contributed by atoms with Crippen molar-refractivity contribution in [3.63, 3.8) is 0 Å². The maximum absolute atomic E-state index is 4.85. The lowest BCUT2D eigenvalue weighted by Gasteiger charge is -2.24. The average Bonchev–Trinajstić information content (AvgIpc) is 3.74. The van der Waals surface area contributed by atoms with Gasteiger partial charge in [-0.25, -0.2) is 4.98 Å². The smallest absolute Gasteiger partial charge is 0.159 e. The van der Waals surface area contributed by atoms with E-state index in [0.717, 1.165) is 74.2 Å². The van der Waals surface area contributed by atoms with Crippen LogP contribution in [-0.4, -0.2) is 38.2 Å². The Morgan fingerprint density at radius 2 is 2.05 bits per heavy atom. The fourth-order valence-corrected chi connectivity index (χ4v) is 5.81. The zero-order valence-electron chi connectivity index (χ0n) is 23.8. The Bertz CT molecular complexity index is 1740. The van der Waals surface area contributed by atoms with Crippen LogP contribution in [0.1, 0.15) is 33.1 Å². The number of aromatic amines is 2. The van der Waals surface area contributed by atoms with Gasteiger partial charge in [0.25, 0.3) is 0 Å². The predicted molar refractivity (Wildman–Crippen MR) is 172 cm³/mol. The van der Waals surface area contributed by atoms with Gasteiger partial charge in [0.05, 0.1) is 15.7 Å². The van der Waals surface area contributed by atoms with Gasteiger partial charge >= 0.3 is 0 Å². The lowest BCUT2D eigenvalue weighted by molar-refractivity contribution is 0.368. The molecule has 4 aromatic heterocycles. The molecule has 0 aromatic carbocycles. The van der Waals surface area contributed by atoms with Crippen LogP contribution in [0.25, 0.3) is 45.8 Å². The van der Waals surface area contributed by atoms with Gasteiger partial charge in [-0.15, -0.1) is 11.3 Å². The highest BCUT2D eigenvalue weighted by Gasteiger charge is 2.15. The van der Waals surface area contributed by atoms with Gasteiger partial charge in [0.15, 0.2) is 5.82 Å². The molecule has 0 atom stereocenters. The minimum absolute atomic E-state index is 0.663. The van der Waals surface area contributed by atoms with Gasteiger partial charge in [-0.2, -0.15) is 5.10 Å². The molecule has 1 aliphatic rings. The van der Waals surface area contributed by atoms with Gasteiger partial charge in [-0.1, -0.05) is 38.0 Å². The Morgan fingerprint density at radius 3 is 2.78 bits per heavy atom. The fraction of sp³-hybridized carbons (Fsp3) is 0.242. The number of imidazole rings is 1. The van der Waals surface area contributed by atoms with Crippen molar-refractivity contribution in [3.8, 4) is 22.1 Å². The summed E-state index contributed by atoms with van der Waals surface area (Å²) in [5.41, 5.74) is 7.45. The number of aromatic nitrogens is 5. The first-order chi connectivity index (χ1) is 20.0. The molecule has 1 saturated heterocycles. The van der Waals surface area contributed by atoms with Crippen molar-refractivity contribution in [2.75, 3.05) is 13.1 Å². The molecule has 7 nitrogen and oxygen atoms in total. The first-order valence-electron chi connectivity index (χ1n) is 13.9. The van der Waals surface area contributed by atoms with Crippen molar-refractivity contribution in [1.82, 2.24) is 35.8 Å². The number of fused-ring (bicyclic) bond motifs is 1. The highest BCUT2D eigenvalue weighted by atomic mass is 32.1. The maximum atomic E-state index is 4.85. The van der Waals surface area contributed by atoms with Crippen molar-refractivity contribution in [1.29, 1.82) is 0 Å². The van der Waals surface area contributed by atoms with Crippen LogP contribution >= 0.6 is 11.3 Å². The molecule has 0 saturated carbocycles. The summed E-state index contributed by atoms with van der Waals surface area (Å²) in [6.07, 6.45) is 15.3. The van der Waals surface area contributed by atoms with Crippen LogP contribution in [0.4, 0.5) is 0 Å². The third-order valence-electron chi connectivity index (χ3n) is 7.39. The molecule has 0 aliphatic carbocycles. The molecule has 5 heterocycles. The summed E-state index contributed by atoms with van der Waals surface area (Å²) in [7, 11) is 0. The zero-order valence-corrected chi connectivity index (χ0v) is 24.6. The molecular formula is C33H37N7S. The minimum Gasteiger partial charge on any atom is -0.359 e. The van der Waals surface area contributed by atoms with Crippen molar-refractivity contribution in [3.05, 3.63) is 100 Å². The van der Waals surface area contributed by atoms with Gasteiger partial charge in [-0.3, -0.25) is 10.1 Å². The number of allylic oxidation sites excluding steroid dienone is 7. The minimum atomic E-state index is 0.663. The van der Waals surface area contributed by atoms with E-state index >= 15 is 0 Å². The summed E-state index contributed by atoms with van der Waals surface area (Å²) in [5, 5.41) is 18.2. The summed E-state index contributed by atoms with van der Waals surface area (Å²) >= 11 is 1.64. The number of nitrogens with one attached hydrogen (secondary N) is 4. The molecular weight excluding hydrogens is 526 g/mol. The summed E-state index contributed by atoms with van der Waals surface area (Å²) in [5.74, 6) is 1.34. The van der Waals surface area contributed by atoms with Gasteiger partial charge in [0, 0.05) is 22.8 Å². The van der Waals surface area contributed by atoms with Crippen LogP contribution in [0.15, 0.2) is 89.8 Å². The van der Waals surface area contributed by atoms with Crippen LogP contribution in [-0.2, 0) is 0 Å². The molecule has 4 aromatic rings. The molecule has 210 valence electrons. The van der Waals surface area contributed by atoms with Crippen LogP contribution in [0.3, 0.4) is 0 Å². The molecule has 5 rings (SSSR count). The van der Waals surface area contributed by atoms with Crippen molar-refractivity contribution >= 4 is 35.0 Å². The second-order valence-electron chi connectivity index (χ2n) is 10.3. The first-order valence-corrected chi connectivity index (χ1v) is 14.8. The van der Waals surface area contributed by atoms with Crippen LogP contribution in [0.2, 0.25) is 0 Å². The third kappa shape index (κ3) is 6.56. The van der Waals surface area contributed by atoms with Gasteiger partial charge in [0.2, 0.25) is 0 Å². The summed E-state index contributed by atoms with van der Waals surface area (Å²) in [4.78, 5) is 13.9. The second-order valence-corrected chi connectivity index (χ2v) is 11.2. The highest BCUT2D eigenvalue weighted by Crippen LogP contribution is 2.29. The Balaban J connectivity index is 1.34. The predicted octanol–water partition coefficient (Wildman–Crippen LogP) is 5.72. The standard InChI is InChI=1S/C33H37N7S/c1-6-25(20-26(7-2)36-22(4)19-24-12-15-34-16-13-24)21(3)10-11-27-23(5)30(40-39-27)33-37-28-14-17-35-32(31(28)38-33)29-9-8-18-41-29/h6-11,14,17-18,20,24,34,36,39H,2,4-5,12-13,15-16,19H2,1,3H3,(H,37,38)/b21-10+,25-6+,26-20+,27-11+. The first kappa shape index (κ1) is 28.3. The molecule has 0 amide bonds. The Kier molecular flexibility index (Phi) is 8.91. The Morgan fingerprint density at radius 1 is 1.22 bits per heavy atom.